The molecule has 3 aromatic rings. The van der Waals surface area contributed by atoms with Gasteiger partial charge < -0.3 is 15.5 Å². The molecule has 3 rings (SSSR count). The number of rotatable bonds is 5. The summed E-state index contributed by atoms with van der Waals surface area (Å²) < 4.78 is 0. The van der Waals surface area contributed by atoms with Gasteiger partial charge in [0.25, 0.3) is 5.91 Å². The van der Waals surface area contributed by atoms with Gasteiger partial charge in [-0.2, -0.15) is 0 Å². The van der Waals surface area contributed by atoms with Gasteiger partial charge in [-0.3, -0.25) is 4.79 Å². The summed E-state index contributed by atoms with van der Waals surface area (Å²) in [5.74, 6) is -0.410. The maximum atomic E-state index is 12.3. The first kappa shape index (κ1) is 17.5. The van der Waals surface area contributed by atoms with Crippen molar-refractivity contribution >= 4 is 5.91 Å². The SMILES string of the molecule is Cc1cc(O)c(O)cc1CCNC(=O)c1ccc(-c2ccccc2)cc1. The van der Waals surface area contributed by atoms with Gasteiger partial charge in [0, 0.05) is 12.1 Å². The van der Waals surface area contributed by atoms with Gasteiger partial charge in [0.2, 0.25) is 0 Å². The second-order valence-electron chi connectivity index (χ2n) is 6.22. The summed E-state index contributed by atoms with van der Waals surface area (Å²) in [6.45, 7) is 2.31. The van der Waals surface area contributed by atoms with Crippen LogP contribution in [0, 0.1) is 6.92 Å². The molecule has 0 heterocycles. The molecule has 4 heteroatoms. The van der Waals surface area contributed by atoms with E-state index in [1.165, 1.54) is 12.1 Å². The summed E-state index contributed by atoms with van der Waals surface area (Å²) >= 11 is 0. The molecule has 0 fully saturated rings. The minimum Gasteiger partial charge on any atom is -0.504 e. The molecule has 0 saturated heterocycles. The minimum atomic E-state index is -0.145. The highest BCUT2D eigenvalue weighted by molar-refractivity contribution is 5.94. The molecule has 0 radical (unpaired) electrons. The van der Waals surface area contributed by atoms with Gasteiger partial charge in [-0.05, 0) is 59.9 Å². The van der Waals surface area contributed by atoms with Crippen LogP contribution in [0.1, 0.15) is 21.5 Å². The highest BCUT2D eigenvalue weighted by atomic mass is 16.3. The maximum absolute atomic E-state index is 12.3. The van der Waals surface area contributed by atoms with Crippen LogP contribution in [0.3, 0.4) is 0 Å². The molecule has 0 aliphatic carbocycles. The van der Waals surface area contributed by atoms with Crippen molar-refractivity contribution in [1.29, 1.82) is 0 Å². The van der Waals surface area contributed by atoms with Gasteiger partial charge in [-0.1, -0.05) is 42.5 Å². The fraction of sp³-hybridized carbons (Fsp3) is 0.136. The number of carbonyl (C=O) groups is 1. The topological polar surface area (TPSA) is 69.6 Å². The molecule has 0 spiro atoms. The molecule has 3 N–H and O–H groups in total. The van der Waals surface area contributed by atoms with Crippen LogP contribution in [-0.4, -0.2) is 22.7 Å². The molecule has 132 valence electrons. The van der Waals surface area contributed by atoms with Crippen LogP contribution in [-0.2, 0) is 6.42 Å². The van der Waals surface area contributed by atoms with E-state index in [0.717, 1.165) is 22.3 Å². The summed E-state index contributed by atoms with van der Waals surface area (Å²) in [4.78, 5) is 12.3. The monoisotopic (exact) mass is 347 g/mol. The van der Waals surface area contributed by atoms with Crippen molar-refractivity contribution in [2.45, 2.75) is 13.3 Å². The van der Waals surface area contributed by atoms with Crippen molar-refractivity contribution < 1.29 is 15.0 Å². The number of phenolic OH excluding ortho intramolecular Hbond substituents is 2. The zero-order valence-corrected chi connectivity index (χ0v) is 14.6. The van der Waals surface area contributed by atoms with Gasteiger partial charge in [-0.15, -0.1) is 0 Å². The Labute approximate surface area is 152 Å². The molecule has 0 aliphatic heterocycles. The molecule has 0 saturated carbocycles. The first-order valence-electron chi connectivity index (χ1n) is 8.50. The van der Waals surface area contributed by atoms with E-state index in [-0.39, 0.29) is 17.4 Å². The van der Waals surface area contributed by atoms with E-state index in [4.69, 9.17) is 0 Å². The highest BCUT2D eigenvalue weighted by Crippen LogP contribution is 2.28. The average Bonchev–Trinajstić information content (AvgIpc) is 2.66. The largest absolute Gasteiger partial charge is 0.504 e. The Balaban J connectivity index is 1.59. The molecule has 0 atom stereocenters. The lowest BCUT2D eigenvalue weighted by atomic mass is 10.0. The van der Waals surface area contributed by atoms with Gasteiger partial charge in [-0.25, -0.2) is 0 Å². The average molecular weight is 347 g/mol. The van der Waals surface area contributed by atoms with E-state index in [2.05, 4.69) is 5.32 Å². The number of aryl methyl sites for hydroxylation is 1. The number of phenols is 2. The molecule has 0 aliphatic rings. The lowest BCUT2D eigenvalue weighted by molar-refractivity contribution is 0.0954. The normalized spacial score (nSPS) is 10.5. The Kier molecular flexibility index (Phi) is 5.23. The summed E-state index contributed by atoms with van der Waals surface area (Å²) in [5, 5.41) is 22.0. The summed E-state index contributed by atoms with van der Waals surface area (Å²) in [6, 6.07) is 20.6. The quantitative estimate of drug-likeness (QED) is 0.610. The lowest BCUT2D eigenvalue weighted by Crippen LogP contribution is -2.25. The highest BCUT2D eigenvalue weighted by Gasteiger charge is 2.08. The van der Waals surface area contributed by atoms with Gasteiger partial charge >= 0.3 is 0 Å². The van der Waals surface area contributed by atoms with Crippen molar-refractivity contribution in [2.75, 3.05) is 6.54 Å². The lowest BCUT2D eigenvalue weighted by Gasteiger charge is -2.10. The summed E-state index contributed by atoms with van der Waals surface area (Å²) in [5.41, 5.74) is 4.55. The Morgan fingerprint density at radius 3 is 2.19 bits per heavy atom. The van der Waals surface area contributed by atoms with Crippen LogP contribution < -0.4 is 5.32 Å². The Bertz CT molecular complexity index is 903. The fourth-order valence-electron chi connectivity index (χ4n) is 2.85. The van der Waals surface area contributed by atoms with Crippen molar-refractivity contribution in [2.24, 2.45) is 0 Å². The zero-order valence-electron chi connectivity index (χ0n) is 14.6. The number of benzene rings is 3. The van der Waals surface area contributed by atoms with Crippen molar-refractivity contribution in [3.63, 3.8) is 0 Å². The Morgan fingerprint density at radius 1 is 0.885 bits per heavy atom. The van der Waals surface area contributed by atoms with E-state index >= 15 is 0 Å². The van der Waals surface area contributed by atoms with Crippen LogP contribution in [0.15, 0.2) is 66.7 Å². The summed E-state index contributed by atoms with van der Waals surface area (Å²) in [7, 11) is 0. The van der Waals surface area contributed by atoms with E-state index in [9.17, 15) is 15.0 Å². The van der Waals surface area contributed by atoms with E-state index in [1.54, 1.807) is 0 Å². The van der Waals surface area contributed by atoms with E-state index in [1.807, 2.05) is 61.5 Å². The number of carbonyl (C=O) groups excluding carboxylic acids is 1. The second kappa shape index (κ2) is 7.74. The van der Waals surface area contributed by atoms with Crippen molar-refractivity contribution in [3.8, 4) is 22.6 Å². The van der Waals surface area contributed by atoms with Gasteiger partial charge in [0.15, 0.2) is 11.5 Å². The number of amides is 1. The molecule has 4 nitrogen and oxygen atoms in total. The van der Waals surface area contributed by atoms with E-state index < -0.39 is 0 Å². The first-order valence-corrected chi connectivity index (χ1v) is 8.50. The zero-order chi connectivity index (χ0) is 18.5. The molecule has 3 aromatic carbocycles. The number of aromatic hydroxyl groups is 2. The molecular formula is C22H21NO3. The predicted octanol–water partition coefficient (Wildman–Crippen LogP) is 4.05. The van der Waals surface area contributed by atoms with Crippen LogP contribution in [0.5, 0.6) is 11.5 Å². The molecule has 0 unspecified atom stereocenters. The molecular weight excluding hydrogens is 326 g/mol. The van der Waals surface area contributed by atoms with Crippen LogP contribution in [0.4, 0.5) is 0 Å². The number of hydrogen-bond donors (Lipinski definition) is 3. The summed E-state index contributed by atoms with van der Waals surface area (Å²) in [6.07, 6.45) is 0.577. The van der Waals surface area contributed by atoms with Crippen LogP contribution in [0.2, 0.25) is 0 Å². The predicted molar refractivity (Wildman–Crippen MR) is 102 cm³/mol. The standard InChI is InChI=1S/C22H21NO3/c1-15-13-20(24)21(25)14-19(15)11-12-23-22(26)18-9-7-17(8-10-18)16-5-3-2-4-6-16/h2-10,13-14,24-25H,11-12H2,1H3,(H,23,26). The van der Waals surface area contributed by atoms with Gasteiger partial charge in [0.05, 0.1) is 0 Å². The van der Waals surface area contributed by atoms with Crippen LogP contribution >= 0.6 is 0 Å². The fourth-order valence-corrected chi connectivity index (χ4v) is 2.85. The minimum absolute atomic E-state index is 0.131. The smallest absolute Gasteiger partial charge is 0.251 e. The van der Waals surface area contributed by atoms with Gasteiger partial charge in [0.1, 0.15) is 0 Å². The third-order valence-corrected chi connectivity index (χ3v) is 4.37. The number of nitrogens with one attached hydrogen (secondary N) is 1. The van der Waals surface area contributed by atoms with Crippen molar-refractivity contribution in [1.82, 2.24) is 5.32 Å². The maximum Gasteiger partial charge on any atom is 0.251 e. The third kappa shape index (κ3) is 4.03. The molecule has 26 heavy (non-hydrogen) atoms. The van der Waals surface area contributed by atoms with Crippen LogP contribution in [0.25, 0.3) is 11.1 Å². The molecule has 1 amide bonds. The first-order chi connectivity index (χ1) is 12.5. The van der Waals surface area contributed by atoms with E-state index in [0.29, 0.717) is 18.5 Å². The second-order valence-corrected chi connectivity index (χ2v) is 6.22. The number of hydrogen-bond acceptors (Lipinski definition) is 3. The Hall–Kier alpha value is -3.27. The third-order valence-electron chi connectivity index (χ3n) is 4.37. The molecule has 0 aromatic heterocycles. The van der Waals surface area contributed by atoms with Crippen molar-refractivity contribution in [3.05, 3.63) is 83.4 Å². The molecule has 0 bridgehead atoms. The Morgan fingerprint density at radius 2 is 1.50 bits per heavy atom.